The first-order valence-electron chi connectivity index (χ1n) is 8.52. The zero-order valence-corrected chi connectivity index (χ0v) is 14.1. The lowest BCUT2D eigenvalue weighted by molar-refractivity contribution is -0.384. The Kier molecular flexibility index (Phi) is 4.60. The van der Waals surface area contributed by atoms with Crippen molar-refractivity contribution in [1.82, 2.24) is 0 Å². The third-order valence-corrected chi connectivity index (χ3v) is 4.64. The van der Waals surface area contributed by atoms with Crippen LogP contribution in [-0.2, 0) is 4.79 Å². The van der Waals surface area contributed by atoms with Gasteiger partial charge >= 0.3 is 0 Å². The Morgan fingerprint density at radius 3 is 2.83 bits per heavy atom. The summed E-state index contributed by atoms with van der Waals surface area (Å²) < 4.78 is 0. The number of non-ortho nitro benzene ring substituents is 1. The van der Waals surface area contributed by atoms with E-state index in [4.69, 9.17) is 4.99 Å². The Morgan fingerprint density at radius 1 is 1.33 bits per heavy atom. The van der Waals surface area contributed by atoms with Crippen LogP contribution in [0.3, 0.4) is 0 Å². The van der Waals surface area contributed by atoms with Gasteiger partial charge in [-0.1, -0.05) is 26.0 Å². The number of carbonyl (C=O) groups is 1. The molecule has 126 valence electrons. The highest BCUT2D eigenvalue weighted by Gasteiger charge is 2.33. The predicted molar refractivity (Wildman–Crippen MR) is 93.2 cm³/mol. The highest BCUT2D eigenvalue weighted by atomic mass is 16.6. The van der Waals surface area contributed by atoms with Crippen LogP contribution < -0.4 is 0 Å². The molecule has 0 saturated carbocycles. The number of carbonyl (C=O) groups excluding carboxylic acids is 1. The molecule has 0 bridgehead atoms. The molecule has 3 rings (SSSR count). The van der Waals surface area contributed by atoms with Crippen LogP contribution in [0.5, 0.6) is 0 Å². The molecule has 2 aliphatic rings. The number of hydrogen-bond donors (Lipinski definition) is 0. The number of ketones is 1. The van der Waals surface area contributed by atoms with Gasteiger partial charge in [-0.15, -0.1) is 0 Å². The molecule has 1 aromatic rings. The molecule has 1 unspecified atom stereocenters. The molecule has 0 N–H and O–H groups in total. The quantitative estimate of drug-likeness (QED) is 0.600. The summed E-state index contributed by atoms with van der Waals surface area (Å²) in [5.74, 6) is 0.551. The number of aliphatic imine (C=N–C) groups is 1. The van der Waals surface area contributed by atoms with Crippen molar-refractivity contribution >= 4 is 17.2 Å². The van der Waals surface area contributed by atoms with Crippen LogP contribution in [0.4, 0.5) is 5.69 Å². The van der Waals surface area contributed by atoms with Gasteiger partial charge in [0.25, 0.3) is 5.69 Å². The van der Waals surface area contributed by atoms with E-state index in [0.717, 1.165) is 41.8 Å². The Hall–Kier alpha value is -2.30. The van der Waals surface area contributed by atoms with Crippen molar-refractivity contribution in [2.75, 3.05) is 0 Å². The normalized spacial score (nSPS) is 20.9. The van der Waals surface area contributed by atoms with Crippen molar-refractivity contribution in [3.8, 4) is 0 Å². The monoisotopic (exact) mass is 326 g/mol. The van der Waals surface area contributed by atoms with E-state index in [2.05, 4.69) is 13.8 Å². The van der Waals surface area contributed by atoms with Crippen LogP contribution in [0, 0.1) is 16.0 Å². The summed E-state index contributed by atoms with van der Waals surface area (Å²) in [5.41, 5.74) is 3.72. The van der Waals surface area contributed by atoms with Gasteiger partial charge in [0.1, 0.15) is 0 Å². The van der Waals surface area contributed by atoms with Gasteiger partial charge in [-0.05, 0) is 37.2 Å². The lowest BCUT2D eigenvalue weighted by Gasteiger charge is -2.30. The van der Waals surface area contributed by atoms with Gasteiger partial charge in [0, 0.05) is 41.5 Å². The van der Waals surface area contributed by atoms with E-state index in [-0.39, 0.29) is 22.3 Å². The maximum atomic E-state index is 12.5. The molecule has 0 saturated heterocycles. The molecule has 1 atom stereocenters. The summed E-state index contributed by atoms with van der Waals surface area (Å²) in [6.45, 7) is 4.31. The molecule has 24 heavy (non-hydrogen) atoms. The maximum Gasteiger partial charge on any atom is 0.269 e. The van der Waals surface area contributed by atoms with Crippen LogP contribution in [0.1, 0.15) is 57.4 Å². The van der Waals surface area contributed by atoms with Gasteiger partial charge in [0.05, 0.1) is 4.92 Å². The van der Waals surface area contributed by atoms with E-state index in [0.29, 0.717) is 18.8 Å². The Balaban J connectivity index is 2.04. The fraction of sp³-hybridized carbons (Fsp3) is 0.474. The van der Waals surface area contributed by atoms with E-state index >= 15 is 0 Å². The summed E-state index contributed by atoms with van der Waals surface area (Å²) in [4.78, 5) is 28.0. The minimum atomic E-state index is -0.382. The number of allylic oxidation sites excluding steroid dienone is 2. The van der Waals surface area contributed by atoms with Crippen LogP contribution in [0.25, 0.3) is 0 Å². The smallest absolute Gasteiger partial charge is 0.269 e. The number of nitrogens with zero attached hydrogens (tertiary/aromatic N) is 2. The van der Waals surface area contributed by atoms with Crippen LogP contribution in [0.2, 0.25) is 0 Å². The maximum absolute atomic E-state index is 12.5. The Morgan fingerprint density at radius 2 is 2.12 bits per heavy atom. The second kappa shape index (κ2) is 6.67. The number of rotatable bonds is 4. The summed E-state index contributed by atoms with van der Waals surface area (Å²) >= 11 is 0. The molecule has 1 aliphatic heterocycles. The van der Waals surface area contributed by atoms with Crippen molar-refractivity contribution in [3.05, 3.63) is 51.2 Å². The van der Waals surface area contributed by atoms with Gasteiger partial charge < -0.3 is 0 Å². The minimum absolute atomic E-state index is 0.0748. The van der Waals surface area contributed by atoms with Crippen molar-refractivity contribution in [2.24, 2.45) is 10.9 Å². The van der Waals surface area contributed by atoms with Crippen LogP contribution >= 0.6 is 0 Å². The van der Waals surface area contributed by atoms with Gasteiger partial charge in [-0.25, -0.2) is 0 Å². The molecule has 1 aliphatic carbocycles. The van der Waals surface area contributed by atoms with Crippen molar-refractivity contribution in [2.45, 2.75) is 51.9 Å². The van der Waals surface area contributed by atoms with Gasteiger partial charge in [-0.2, -0.15) is 0 Å². The number of nitro benzene ring substituents is 1. The molecule has 0 amide bonds. The molecule has 1 aromatic carbocycles. The zero-order chi connectivity index (χ0) is 17.3. The predicted octanol–water partition coefficient (Wildman–Crippen LogP) is 4.58. The second-order valence-electron chi connectivity index (χ2n) is 7.02. The van der Waals surface area contributed by atoms with Crippen LogP contribution in [0.15, 0.2) is 40.5 Å². The van der Waals surface area contributed by atoms with Gasteiger partial charge in [-0.3, -0.25) is 19.9 Å². The highest BCUT2D eigenvalue weighted by molar-refractivity contribution is 6.02. The van der Waals surface area contributed by atoms with Crippen molar-refractivity contribution in [1.29, 1.82) is 0 Å². The fourth-order valence-corrected chi connectivity index (χ4v) is 3.67. The van der Waals surface area contributed by atoms with Gasteiger partial charge in [0.15, 0.2) is 5.78 Å². The van der Waals surface area contributed by atoms with E-state index < -0.39 is 0 Å². The number of Topliss-reactive ketones (excluding diaryl/α,β-unsaturated/α-hetero) is 1. The number of hydrogen-bond acceptors (Lipinski definition) is 4. The third kappa shape index (κ3) is 3.30. The standard InChI is InChI=1S/C19H22N2O3/c1-12(2)9-14-11-16(13-5-3-6-15(10-13)21(23)24)19-17(20-14)7-4-8-18(19)22/h3,5-6,10,12,16H,4,7-9,11H2,1-2H3. The van der Waals surface area contributed by atoms with E-state index in [9.17, 15) is 14.9 Å². The molecule has 1 heterocycles. The van der Waals surface area contributed by atoms with Crippen molar-refractivity contribution in [3.63, 3.8) is 0 Å². The summed E-state index contributed by atoms with van der Waals surface area (Å²) in [6, 6.07) is 6.69. The first kappa shape index (κ1) is 16.6. The molecular weight excluding hydrogens is 304 g/mol. The molecule has 5 heteroatoms. The first-order valence-corrected chi connectivity index (χ1v) is 8.52. The Labute approximate surface area is 141 Å². The lowest BCUT2D eigenvalue weighted by atomic mass is 9.76. The third-order valence-electron chi connectivity index (χ3n) is 4.64. The lowest BCUT2D eigenvalue weighted by Crippen LogP contribution is -2.24. The highest BCUT2D eigenvalue weighted by Crippen LogP contribution is 2.41. The Bertz CT molecular complexity index is 747. The van der Waals surface area contributed by atoms with Crippen molar-refractivity contribution < 1.29 is 9.72 Å². The first-order chi connectivity index (χ1) is 11.5. The SMILES string of the molecule is CC(C)CC1=NC2=C(C(=O)CCC2)C(c2cccc([N+](=O)[O-])c2)C1. The zero-order valence-electron chi connectivity index (χ0n) is 14.1. The summed E-state index contributed by atoms with van der Waals surface area (Å²) in [7, 11) is 0. The topological polar surface area (TPSA) is 72.6 Å². The number of nitro groups is 1. The van der Waals surface area contributed by atoms with Gasteiger partial charge in [0.2, 0.25) is 0 Å². The second-order valence-corrected chi connectivity index (χ2v) is 7.02. The average Bonchev–Trinajstić information content (AvgIpc) is 2.53. The summed E-state index contributed by atoms with van der Waals surface area (Å²) in [5, 5.41) is 11.1. The largest absolute Gasteiger partial charge is 0.294 e. The van der Waals surface area contributed by atoms with E-state index in [1.54, 1.807) is 12.1 Å². The van der Waals surface area contributed by atoms with E-state index in [1.807, 2.05) is 6.07 Å². The fourth-order valence-electron chi connectivity index (χ4n) is 3.67. The number of benzene rings is 1. The molecule has 0 aromatic heterocycles. The molecule has 0 spiro atoms. The molecular formula is C19H22N2O3. The molecule has 5 nitrogen and oxygen atoms in total. The average molecular weight is 326 g/mol. The van der Waals surface area contributed by atoms with Crippen LogP contribution in [-0.4, -0.2) is 16.4 Å². The molecule has 0 fully saturated rings. The summed E-state index contributed by atoms with van der Waals surface area (Å²) in [6.07, 6.45) is 3.81. The van der Waals surface area contributed by atoms with E-state index in [1.165, 1.54) is 6.07 Å². The molecule has 0 radical (unpaired) electrons. The minimum Gasteiger partial charge on any atom is -0.294 e.